The van der Waals surface area contributed by atoms with Crippen LogP contribution in [0.5, 0.6) is 0 Å². The lowest BCUT2D eigenvalue weighted by Crippen LogP contribution is -2.27. The maximum Gasteiger partial charge on any atom is 0.291 e. The SMILES string of the molecule is Cc1c(C(=O)Nc2ccccc2F)oc2c1/C(=N\O)CC(C)(C)C2. The molecule has 1 amide bonds. The van der Waals surface area contributed by atoms with E-state index in [1.54, 1.807) is 19.1 Å². The maximum atomic E-state index is 13.7. The van der Waals surface area contributed by atoms with Crippen molar-refractivity contribution in [3.05, 3.63) is 52.7 Å². The number of para-hydroxylation sites is 1. The number of fused-ring (bicyclic) bond motifs is 1. The number of anilines is 1. The first kappa shape index (κ1) is 16.2. The molecule has 1 aromatic carbocycles. The number of hydrogen-bond acceptors (Lipinski definition) is 4. The van der Waals surface area contributed by atoms with E-state index in [-0.39, 0.29) is 16.9 Å². The quantitative estimate of drug-likeness (QED) is 0.642. The average Bonchev–Trinajstić information content (AvgIpc) is 2.84. The normalized spacial score (nSPS) is 17.6. The molecule has 5 nitrogen and oxygen atoms in total. The summed E-state index contributed by atoms with van der Waals surface area (Å²) in [5, 5.41) is 15.2. The lowest BCUT2D eigenvalue weighted by Gasteiger charge is -2.28. The van der Waals surface area contributed by atoms with Gasteiger partial charge in [-0.2, -0.15) is 0 Å². The van der Waals surface area contributed by atoms with Gasteiger partial charge in [0.1, 0.15) is 11.6 Å². The number of nitrogens with one attached hydrogen (secondary N) is 1. The molecule has 1 aliphatic rings. The minimum Gasteiger partial charge on any atom is -0.455 e. The molecular weight excluding hydrogens is 311 g/mol. The highest BCUT2D eigenvalue weighted by Crippen LogP contribution is 2.39. The smallest absolute Gasteiger partial charge is 0.291 e. The molecule has 2 aromatic rings. The fourth-order valence-corrected chi connectivity index (χ4v) is 3.16. The molecule has 0 fully saturated rings. The summed E-state index contributed by atoms with van der Waals surface area (Å²) in [5.74, 6) is -0.307. The van der Waals surface area contributed by atoms with E-state index in [2.05, 4.69) is 10.5 Å². The molecule has 0 saturated heterocycles. The van der Waals surface area contributed by atoms with E-state index in [9.17, 15) is 14.4 Å². The van der Waals surface area contributed by atoms with E-state index >= 15 is 0 Å². The third kappa shape index (κ3) is 2.79. The molecule has 0 aliphatic heterocycles. The van der Waals surface area contributed by atoms with Crippen LogP contribution in [-0.2, 0) is 6.42 Å². The first-order valence-electron chi connectivity index (χ1n) is 7.72. The van der Waals surface area contributed by atoms with Crippen molar-refractivity contribution in [1.29, 1.82) is 0 Å². The Hall–Kier alpha value is -2.63. The standard InChI is InChI=1S/C18H19FN2O3/c1-10-15-13(21-23)8-18(2,3)9-14(15)24-16(10)17(22)20-12-7-5-4-6-11(12)19/h4-7,23H,8-9H2,1-3H3,(H,20,22)/b21-13-. The third-order valence-corrected chi connectivity index (χ3v) is 4.24. The number of rotatable bonds is 2. The predicted molar refractivity (Wildman–Crippen MR) is 88.2 cm³/mol. The first-order valence-corrected chi connectivity index (χ1v) is 7.72. The number of carbonyl (C=O) groups is 1. The van der Waals surface area contributed by atoms with Gasteiger partial charge in [-0.3, -0.25) is 4.79 Å². The van der Waals surface area contributed by atoms with Gasteiger partial charge in [-0.25, -0.2) is 4.39 Å². The Bertz CT molecular complexity index is 837. The van der Waals surface area contributed by atoms with E-state index in [4.69, 9.17) is 4.42 Å². The maximum absolute atomic E-state index is 13.7. The van der Waals surface area contributed by atoms with Gasteiger partial charge < -0.3 is 14.9 Å². The van der Waals surface area contributed by atoms with E-state index in [0.29, 0.717) is 35.4 Å². The van der Waals surface area contributed by atoms with Crippen LogP contribution in [-0.4, -0.2) is 16.8 Å². The van der Waals surface area contributed by atoms with Crippen LogP contribution in [0.15, 0.2) is 33.8 Å². The van der Waals surface area contributed by atoms with Crippen LogP contribution < -0.4 is 5.32 Å². The summed E-state index contributed by atoms with van der Waals surface area (Å²) in [6.07, 6.45) is 1.22. The van der Waals surface area contributed by atoms with Crippen LogP contribution in [0.3, 0.4) is 0 Å². The van der Waals surface area contributed by atoms with Gasteiger partial charge in [0, 0.05) is 17.5 Å². The molecule has 2 N–H and O–H groups in total. The van der Waals surface area contributed by atoms with E-state index in [1.807, 2.05) is 13.8 Å². The number of hydrogen-bond donors (Lipinski definition) is 2. The second kappa shape index (κ2) is 5.78. The number of amides is 1. The Balaban J connectivity index is 1.98. The fourth-order valence-electron chi connectivity index (χ4n) is 3.16. The Morgan fingerprint density at radius 3 is 2.71 bits per heavy atom. The molecule has 0 unspecified atom stereocenters. The summed E-state index contributed by atoms with van der Waals surface area (Å²) < 4.78 is 19.5. The molecule has 6 heteroatoms. The van der Waals surface area contributed by atoms with Crippen LogP contribution in [0, 0.1) is 18.2 Å². The second-order valence-electron chi connectivity index (χ2n) is 6.85. The van der Waals surface area contributed by atoms with Crippen LogP contribution in [0.4, 0.5) is 10.1 Å². The Kier molecular flexibility index (Phi) is 3.91. The van der Waals surface area contributed by atoms with Crippen molar-refractivity contribution >= 4 is 17.3 Å². The minimum atomic E-state index is -0.526. The highest BCUT2D eigenvalue weighted by Gasteiger charge is 2.36. The summed E-state index contributed by atoms with van der Waals surface area (Å²) in [4.78, 5) is 12.5. The molecule has 1 aromatic heterocycles. The molecule has 3 rings (SSSR count). The molecule has 0 saturated carbocycles. The average molecular weight is 330 g/mol. The highest BCUT2D eigenvalue weighted by molar-refractivity contribution is 6.09. The fraction of sp³-hybridized carbons (Fsp3) is 0.333. The van der Waals surface area contributed by atoms with Gasteiger partial charge in [0.15, 0.2) is 5.76 Å². The van der Waals surface area contributed by atoms with Crippen molar-refractivity contribution in [2.75, 3.05) is 5.32 Å². The van der Waals surface area contributed by atoms with Crippen molar-refractivity contribution in [3.63, 3.8) is 0 Å². The van der Waals surface area contributed by atoms with Gasteiger partial charge in [-0.1, -0.05) is 31.1 Å². The molecule has 0 atom stereocenters. The Labute approximate surface area is 139 Å². The van der Waals surface area contributed by atoms with Gasteiger partial charge in [-0.15, -0.1) is 0 Å². The zero-order valence-electron chi connectivity index (χ0n) is 13.8. The number of benzene rings is 1. The predicted octanol–water partition coefficient (Wildman–Crippen LogP) is 4.13. The largest absolute Gasteiger partial charge is 0.455 e. The number of furan rings is 1. The van der Waals surface area contributed by atoms with Crippen molar-refractivity contribution in [2.45, 2.75) is 33.6 Å². The Morgan fingerprint density at radius 1 is 1.33 bits per heavy atom. The number of halogens is 1. The summed E-state index contributed by atoms with van der Waals surface area (Å²) in [6, 6.07) is 5.94. The van der Waals surface area contributed by atoms with Gasteiger partial charge in [-0.05, 0) is 30.9 Å². The summed E-state index contributed by atoms with van der Waals surface area (Å²) in [5.41, 5.74) is 1.75. The Morgan fingerprint density at radius 2 is 2.04 bits per heavy atom. The van der Waals surface area contributed by atoms with Crippen molar-refractivity contribution in [2.24, 2.45) is 10.6 Å². The molecular formula is C18H19FN2O3. The van der Waals surface area contributed by atoms with Crippen molar-refractivity contribution in [1.82, 2.24) is 0 Å². The first-order chi connectivity index (χ1) is 11.3. The number of oxime groups is 1. The van der Waals surface area contributed by atoms with Crippen LogP contribution in [0.25, 0.3) is 0 Å². The summed E-state index contributed by atoms with van der Waals surface area (Å²) in [6.45, 7) is 5.82. The van der Waals surface area contributed by atoms with E-state index < -0.39 is 11.7 Å². The lowest BCUT2D eigenvalue weighted by molar-refractivity contribution is 0.0992. The summed E-state index contributed by atoms with van der Waals surface area (Å²) >= 11 is 0. The minimum absolute atomic E-state index is 0.0904. The third-order valence-electron chi connectivity index (χ3n) is 4.24. The number of nitrogens with zero attached hydrogens (tertiary/aromatic N) is 1. The van der Waals surface area contributed by atoms with Crippen LogP contribution in [0.1, 0.15) is 47.7 Å². The van der Waals surface area contributed by atoms with Crippen LogP contribution >= 0.6 is 0 Å². The molecule has 1 heterocycles. The molecule has 24 heavy (non-hydrogen) atoms. The summed E-state index contributed by atoms with van der Waals surface area (Å²) in [7, 11) is 0. The molecule has 0 bridgehead atoms. The highest BCUT2D eigenvalue weighted by atomic mass is 19.1. The van der Waals surface area contributed by atoms with Gasteiger partial charge >= 0.3 is 0 Å². The van der Waals surface area contributed by atoms with Crippen molar-refractivity contribution in [3.8, 4) is 0 Å². The lowest BCUT2D eigenvalue weighted by atomic mass is 9.75. The number of carbonyl (C=O) groups excluding carboxylic acids is 1. The molecule has 0 radical (unpaired) electrons. The van der Waals surface area contributed by atoms with Crippen molar-refractivity contribution < 1.29 is 18.8 Å². The molecule has 126 valence electrons. The van der Waals surface area contributed by atoms with Gasteiger partial charge in [0.05, 0.1) is 11.4 Å². The zero-order chi connectivity index (χ0) is 17.5. The van der Waals surface area contributed by atoms with Gasteiger partial charge in [0.25, 0.3) is 5.91 Å². The second-order valence-corrected chi connectivity index (χ2v) is 6.85. The monoisotopic (exact) mass is 330 g/mol. The topological polar surface area (TPSA) is 74.8 Å². The van der Waals surface area contributed by atoms with Crippen LogP contribution in [0.2, 0.25) is 0 Å². The van der Waals surface area contributed by atoms with Gasteiger partial charge in [0.2, 0.25) is 0 Å². The molecule has 1 aliphatic carbocycles. The zero-order valence-corrected chi connectivity index (χ0v) is 13.8. The van der Waals surface area contributed by atoms with E-state index in [1.165, 1.54) is 12.1 Å². The van der Waals surface area contributed by atoms with E-state index in [0.717, 1.165) is 0 Å². The molecule has 0 spiro atoms.